The first-order valence-corrected chi connectivity index (χ1v) is 7.82. The van der Waals surface area contributed by atoms with Gasteiger partial charge in [-0.15, -0.1) is 11.8 Å². The van der Waals surface area contributed by atoms with Crippen LogP contribution in [0.4, 0.5) is 0 Å². The number of hydrogen-bond donors (Lipinski definition) is 1. The molecule has 0 saturated carbocycles. The molecule has 1 aliphatic rings. The zero-order valence-corrected chi connectivity index (χ0v) is 12.5. The molecule has 0 bridgehead atoms. The zero-order chi connectivity index (χ0) is 13.0. The van der Waals surface area contributed by atoms with Gasteiger partial charge in [0.1, 0.15) is 0 Å². The lowest BCUT2D eigenvalue weighted by atomic mass is 10.1. The summed E-state index contributed by atoms with van der Waals surface area (Å²) in [5.74, 6) is 1.18. The third-order valence-electron chi connectivity index (χ3n) is 3.66. The van der Waals surface area contributed by atoms with Gasteiger partial charge in [0.25, 0.3) is 0 Å². The summed E-state index contributed by atoms with van der Waals surface area (Å²) in [5, 5.41) is 3.68. The van der Waals surface area contributed by atoms with Crippen LogP contribution in [0.3, 0.4) is 0 Å². The Morgan fingerprint density at radius 1 is 1.39 bits per heavy atom. The molecule has 0 saturated heterocycles. The molecule has 0 amide bonds. The largest absolute Gasteiger partial charge is 0.309 e. The minimum absolute atomic E-state index is 0.551. The molecule has 1 aromatic rings. The summed E-state index contributed by atoms with van der Waals surface area (Å²) in [5.41, 5.74) is 1.49. The van der Waals surface area contributed by atoms with Crippen molar-refractivity contribution in [2.24, 2.45) is 0 Å². The van der Waals surface area contributed by atoms with Crippen molar-refractivity contribution in [3.8, 4) is 0 Å². The summed E-state index contributed by atoms with van der Waals surface area (Å²) >= 11 is 1.97. The van der Waals surface area contributed by atoms with Crippen molar-refractivity contribution in [1.29, 1.82) is 0 Å². The van der Waals surface area contributed by atoms with Crippen LogP contribution in [0, 0.1) is 0 Å². The van der Waals surface area contributed by atoms with Gasteiger partial charge >= 0.3 is 0 Å². The highest BCUT2D eigenvalue weighted by Gasteiger charge is 2.21. The molecule has 1 aromatic carbocycles. The Balaban J connectivity index is 1.73. The van der Waals surface area contributed by atoms with Gasteiger partial charge in [0.15, 0.2) is 0 Å². The highest BCUT2D eigenvalue weighted by atomic mass is 32.2. The van der Waals surface area contributed by atoms with E-state index in [2.05, 4.69) is 55.4 Å². The van der Waals surface area contributed by atoms with Crippen LogP contribution in [0.15, 0.2) is 29.2 Å². The molecule has 0 fully saturated rings. The van der Waals surface area contributed by atoms with Gasteiger partial charge in [-0.25, -0.2) is 0 Å². The van der Waals surface area contributed by atoms with E-state index in [1.54, 1.807) is 0 Å². The molecular formula is C15H24N2S. The van der Waals surface area contributed by atoms with E-state index in [4.69, 9.17) is 0 Å². The lowest BCUT2D eigenvalue weighted by Gasteiger charge is -2.21. The van der Waals surface area contributed by atoms with Gasteiger partial charge in [-0.05, 0) is 52.0 Å². The van der Waals surface area contributed by atoms with Crippen LogP contribution in [0.25, 0.3) is 0 Å². The quantitative estimate of drug-likeness (QED) is 0.795. The van der Waals surface area contributed by atoms with Crippen molar-refractivity contribution >= 4 is 11.8 Å². The van der Waals surface area contributed by atoms with Gasteiger partial charge in [-0.1, -0.05) is 18.2 Å². The average Bonchev–Trinajstić information content (AvgIpc) is 2.77. The van der Waals surface area contributed by atoms with Gasteiger partial charge in [0, 0.05) is 22.7 Å². The van der Waals surface area contributed by atoms with E-state index in [1.807, 2.05) is 11.8 Å². The van der Waals surface area contributed by atoms with E-state index in [0.717, 1.165) is 6.54 Å². The summed E-state index contributed by atoms with van der Waals surface area (Å²) in [4.78, 5) is 3.85. The van der Waals surface area contributed by atoms with E-state index in [9.17, 15) is 0 Å². The van der Waals surface area contributed by atoms with Crippen molar-refractivity contribution in [3.63, 3.8) is 0 Å². The topological polar surface area (TPSA) is 15.3 Å². The minimum atomic E-state index is 0.551. The number of rotatable bonds is 6. The highest BCUT2D eigenvalue weighted by molar-refractivity contribution is 7.99. The molecule has 2 rings (SSSR count). The molecule has 1 heterocycles. The van der Waals surface area contributed by atoms with Gasteiger partial charge in [-0.2, -0.15) is 0 Å². The van der Waals surface area contributed by atoms with Gasteiger partial charge < -0.3 is 10.2 Å². The molecule has 0 spiro atoms. The fraction of sp³-hybridized carbons (Fsp3) is 0.600. The van der Waals surface area contributed by atoms with Crippen molar-refractivity contribution < 1.29 is 0 Å². The molecular weight excluding hydrogens is 240 g/mol. The fourth-order valence-electron chi connectivity index (χ4n) is 2.19. The van der Waals surface area contributed by atoms with Crippen LogP contribution >= 0.6 is 11.8 Å². The number of nitrogens with zero attached hydrogens (tertiary/aromatic N) is 1. The average molecular weight is 264 g/mol. The second kappa shape index (κ2) is 6.60. The third kappa shape index (κ3) is 3.50. The van der Waals surface area contributed by atoms with E-state index in [0.29, 0.717) is 12.1 Å². The normalized spacial score (nSPS) is 18.6. The van der Waals surface area contributed by atoms with Crippen molar-refractivity contribution in [3.05, 3.63) is 29.8 Å². The van der Waals surface area contributed by atoms with Gasteiger partial charge in [-0.3, -0.25) is 0 Å². The van der Waals surface area contributed by atoms with E-state index in [-0.39, 0.29) is 0 Å². The summed E-state index contributed by atoms with van der Waals surface area (Å²) in [6.45, 7) is 6.78. The van der Waals surface area contributed by atoms with Crippen LogP contribution in [-0.2, 0) is 0 Å². The number of thioether (sulfide) groups is 1. The second-order valence-electron chi connectivity index (χ2n) is 5.28. The standard InChI is InChI=1S/C15H24N2S/c1-12(2)17(3)10-6-9-16-14-11-18-15-8-5-4-7-13(14)15/h4-5,7-8,12,14,16H,6,9-11H2,1-3H3. The molecule has 1 N–H and O–H groups in total. The molecule has 1 atom stereocenters. The molecule has 3 heteroatoms. The first-order chi connectivity index (χ1) is 8.68. The molecule has 1 unspecified atom stereocenters. The van der Waals surface area contributed by atoms with Gasteiger partial charge in [0.05, 0.1) is 0 Å². The molecule has 0 aromatic heterocycles. The highest BCUT2D eigenvalue weighted by Crippen LogP contribution is 2.37. The zero-order valence-electron chi connectivity index (χ0n) is 11.6. The first-order valence-electron chi connectivity index (χ1n) is 6.84. The third-order valence-corrected chi connectivity index (χ3v) is 4.84. The van der Waals surface area contributed by atoms with E-state index >= 15 is 0 Å². The maximum atomic E-state index is 3.68. The molecule has 2 nitrogen and oxygen atoms in total. The first kappa shape index (κ1) is 13.9. The van der Waals surface area contributed by atoms with Crippen molar-refractivity contribution in [2.75, 3.05) is 25.9 Å². The van der Waals surface area contributed by atoms with E-state index < -0.39 is 0 Å². The molecule has 0 radical (unpaired) electrons. The van der Waals surface area contributed by atoms with Gasteiger partial charge in [0.2, 0.25) is 0 Å². The van der Waals surface area contributed by atoms with Crippen molar-refractivity contribution in [2.45, 2.75) is 37.2 Å². The number of hydrogen-bond acceptors (Lipinski definition) is 3. The lowest BCUT2D eigenvalue weighted by Crippen LogP contribution is -2.30. The molecule has 100 valence electrons. The Bertz CT molecular complexity index is 379. The predicted molar refractivity (Wildman–Crippen MR) is 80.3 cm³/mol. The smallest absolute Gasteiger partial charge is 0.0426 e. The second-order valence-corrected chi connectivity index (χ2v) is 6.35. The fourth-order valence-corrected chi connectivity index (χ4v) is 3.39. The molecule has 1 aliphatic heterocycles. The van der Waals surface area contributed by atoms with Crippen LogP contribution in [0.2, 0.25) is 0 Å². The minimum Gasteiger partial charge on any atom is -0.309 e. The summed E-state index contributed by atoms with van der Waals surface area (Å²) in [6.07, 6.45) is 1.22. The monoisotopic (exact) mass is 264 g/mol. The summed E-state index contributed by atoms with van der Waals surface area (Å²) < 4.78 is 0. The lowest BCUT2D eigenvalue weighted by molar-refractivity contribution is 0.268. The number of benzene rings is 1. The maximum absolute atomic E-state index is 3.68. The summed E-state index contributed by atoms with van der Waals surface area (Å²) in [7, 11) is 2.20. The number of nitrogens with one attached hydrogen (secondary N) is 1. The molecule has 0 aliphatic carbocycles. The SMILES string of the molecule is CC(C)N(C)CCCNC1CSc2ccccc21. The van der Waals surface area contributed by atoms with E-state index in [1.165, 1.54) is 29.2 Å². The Morgan fingerprint density at radius 2 is 2.17 bits per heavy atom. The van der Waals surface area contributed by atoms with Crippen LogP contribution in [0.5, 0.6) is 0 Å². The van der Waals surface area contributed by atoms with Crippen molar-refractivity contribution in [1.82, 2.24) is 10.2 Å². The summed E-state index contributed by atoms with van der Waals surface area (Å²) in [6, 6.07) is 9.96. The Kier molecular flexibility index (Phi) is 5.10. The predicted octanol–water partition coefficient (Wildman–Crippen LogP) is 3.15. The van der Waals surface area contributed by atoms with Crippen LogP contribution in [0.1, 0.15) is 31.9 Å². The van der Waals surface area contributed by atoms with Crippen LogP contribution < -0.4 is 5.32 Å². The molecule has 18 heavy (non-hydrogen) atoms. The van der Waals surface area contributed by atoms with Crippen LogP contribution in [-0.4, -0.2) is 36.8 Å². The number of fused-ring (bicyclic) bond motifs is 1. The Morgan fingerprint density at radius 3 is 2.94 bits per heavy atom. The Labute approximate surface area is 115 Å². The Hall–Kier alpha value is -0.510. The maximum Gasteiger partial charge on any atom is 0.0426 e.